The first-order valence-corrected chi connectivity index (χ1v) is 10.2. The quantitative estimate of drug-likeness (QED) is 0.494. The third kappa shape index (κ3) is 5.57. The number of benzene rings is 1. The second-order valence-corrected chi connectivity index (χ2v) is 7.44. The van der Waals surface area contributed by atoms with Crippen LogP contribution in [0.25, 0.3) is 5.95 Å². The average molecular weight is 434 g/mol. The summed E-state index contributed by atoms with van der Waals surface area (Å²) >= 11 is 0. The lowest BCUT2D eigenvalue weighted by Crippen LogP contribution is -2.28. The fourth-order valence-corrected chi connectivity index (χ4v) is 3.27. The van der Waals surface area contributed by atoms with E-state index < -0.39 is 0 Å². The molecule has 1 aromatic carbocycles. The SMILES string of the molecule is C=CCNC(=O)Nc1ccc(NC(=O)Cc2c(C)nn(-c3nc(C)cc(C)n3)c2C)cc1. The van der Waals surface area contributed by atoms with Gasteiger partial charge in [0.05, 0.1) is 12.1 Å². The van der Waals surface area contributed by atoms with Gasteiger partial charge in [-0.25, -0.2) is 19.4 Å². The molecule has 2 aromatic heterocycles. The van der Waals surface area contributed by atoms with Crippen LogP contribution >= 0.6 is 0 Å². The minimum atomic E-state index is -0.322. The van der Waals surface area contributed by atoms with Crippen LogP contribution in [0.1, 0.15) is 28.3 Å². The number of hydrogen-bond acceptors (Lipinski definition) is 5. The van der Waals surface area contributed by atoms with Gasteiger partial charge >= 0.3 is 6.03 Å². The molecule has 3 aromatic rings. The molecule has 166 valence electrons. The van der Waals surface area contributed by atoms with Gasteiger partial charge in [-0.3, -0.25) is 4.79 Å². The van der Waals surface area contributed by atoms with Gasteiger partial charge in [0.25, 0.3) is 5.95 Å². The molecule has 0 atom stereocenters. The van der Waals surface area contributed by atoms with Crippen molar-refractivity contribution < 1.29 is 9.59 Å². The van der Waals surface area contributed by atoms with Crippen LogP contribution in [0.3, 0.4) is 0 Å². The largest absolute Gasteiger partial charge is 0.334 e. The number of urea groups is 1. The van der Waals surface area contributed by atoms with E-state index in [2.05, 4.69) is 37.6 Å². The smallest absolute Gasteiger partial charge is 0.319 e. The lowest BCUT2D eigenvalue weighted by Gasteiger charge is -2.09. The second kappa shape index (κ2) is 9.86. The topological polar surface area (TPSA) is 114 Å². The van der Waals surface area contributed by atoms with Crippen LogP contribution in [0.4, 0.5) is 16.2 Å². The van der Waals surface area contributed by atoms with Crippen molar-refractivity contribution in [1.82, 2.24) is 25.1 Å². The molecule has 0 aliphatic carbocycles. The Bertz CT molecular complexity index is 1130. The van der Waals surface area contributed by atoms with E-state index in [-0.39, 0.29) is 18.4 Å². The van der Waals surface area contributed by atoms with E-state index in [1.807, 2.05) is 33.8 Å². The molecule has 0 radical (unpaired) electrons. The summed E-state index contributed by atoms with van der Waals surface area (Å²) in [6.07, 6.45) is 1.77. The van der Waals surface area contributed by atoms with E-state index in [0.29, 0.717) is 23.9 Å². The van der Waals surface area contributed by atoms with Crippen LogP contribution < -0.4 is 16.0 Å². The van der Waals surface area contributed by atoms with Crippen molar-refractivity contribution >= 4 is 23.3 Å². The fraction of sp³-hybridized carbons (Fsp3) is 0.261. The van der Waals surface area contributed by atoms with E-state index in [1.165, 1.54) is 0 Å². The zero-order valence-corrected chi connectivity index (χ0v) is 18.7. The zero-order valence-electron chi connectivity index (χ0n) is 18.7. The van der Waals surface area contributed by atoms with Gasteiger partial charge in [-0.2, -0.15) is 5.10 Å². The van der Waals surface area contributed by atoms with Crippen molar-refractivity contribution in [2.24, 2.45) is 0 Å². The Balaban J connectivity index is 1.67. The van der Waals surface area contributed by atoms with Crippen LogP contribution in [-0.2, 0) is 11.2 Å². The molecule has 3 N–H and O–H groups in total. The number of nitrogens with zero attached hydrogens (tertiary/aromatic N) is 4. The highest BCUT2D eigenvalue weighted by molar-refractivity contribution is 5.93. The minimum absolute atomic E-state index is 0.165. The maximum atomic E-state index is 12.7. The lowest BCUT2D eigenvalue weighted by atomic mass is 10.1. The van der Waals surface area contributed by atoms with E-state index in [1.54, 1.807) is 35.0 Å². The van der Waals surface area contributed by atoms with Gasteiger partial charge < -0.3 is 16.0 Å². The van der Waals surface area contributed by atoms with Gasteiger partial charge in [0, 0.05) is 40.6 Å². The van der Waals surface area contributed by atoms with Crippen LogP contribution in [0.5, 0.6) is 0 Å². The number of carbonyl (C=O) groups is 2. The maximum Gasteiger partial charge on any atom is 0.319 e. The number of anilines is 2. The molecule has 0 unspecified atom stereocenters. The number of nitrogens with one attached hydrogen (secondary N) is 3. The fourth-order valence-electron chi connectivity index (χ4n) is 3.27. The van der Waals surface area contributed by atoms with E-state index >= 15 is 0 Å². The highest BCUT2D eigenvalue weighted by Gasteiger charge is 2.18. The van der Waals surface area contributed by atoms with Crippen molar-refractivity contribution in [3.63, 3.8) is 0 Å². The highest BCUT2D eigenvalue weighted by Crippen LogP contribution is 2.19. The van der Waals surface area contributed by atoms with Crippen LogP contribution in [-0.4, -0.2) is 38.2 Å². The number of rotatable bonds is 7. The van der Waals surface area contributed by atoms with E-state index in [4.69, 9.17) is 0 Å². The first-order valence-electron chi connectivity index (χ1n) is 10.2. The van der Waals surface area contributed by atoms with Crippen LogP contribution in [0.15, 0.2) is 43.0 Å². The summed E-state index contributed by atoms with van der Waals surface area (Å²) in [7, 11) is 0. The van der Waals surface area contributed by atoms with Gasteiger partial charge in [0.15, 0.2) is 0 Å². The Morgan fingerprint density at radius 3 is 2.19 bits per heavy atom. The summed E-state index contributed by atoms with van der Waals surface area (Å²) in [4.78, 5) is 33.3. The normalized spacial score (nSPS) is 10.5. The Morgan fingerprint density at radius 2 is 1.59 bits per heavy atom. The number of amides is 3. The standard InChI is InChI=1S/C23H27N7O2/c1-6-11-24-23(32)28-19-9-7-18(8-10-19)27-21(31)13-20-16(4)29-30(17(20)5)22-25-14(2)12-15(3)26-22/h6-10,12H,1,11,13H2,2-5H3,(H,27,31)(H2,24,28,32). The molecular weight excluding hydrogens is 406 g/mol. The third-order valence-corrected chi connectivity index (χ3v) is 4.77. The Morgan fingerprint density at radius 1 is 1.00 bits per heavy atom. The lowest BCUT2D eigenvalue weighted by molar-refractivity contribution is -0.115. The zero-order chi connectivity index (χ0) is 23.3. The molecule has 0 spiro atoms. The number of aromatic nitrogens is 4. The molecule has 9 nitrogen and oxygen atoms in total. The van der Waals surface area contributed by atoms with Crippen molar-refractivity contribution in [2.75, 3.05) is 17.2 Å². The maximum absolute atomic E-state index is 12.7. The van der Waals surface area contributed by atoms with Crippen LogP contribution in [0, 0.1) is 27.7 Å². The molecule has 0 saturated heterocycles. The summed E-state index contributed by atoms with van der Waals surface area (Å²) in [5.41, 5.74) is 5.38. The van der Waals surface area contributed by atoms with Gasteiger partial charge in [-0.05, 0) is 58.0 Å². The van der Waals surface area contributed by atoms with Crippen molar-refractivity contribution in [1.29, 1.82) is 0 Å². The predicted octanol–water partition coefficient (Wildman–Crippen LogP) is 3.38. The highest BCUT2D eigenvalue weighted by atomic mass is 16.2. The molecule has 9 heteroatoms. The minimum Gasteiger partial charge on any atom is -0.334 e. The number of aryl methyl sites for hydroxylation is 3. The van der Waals surface area contributed by atoms with E-state index in [0.717, 1.165) is 28.3 Å². The number of carbonyl (C=O) groups excluding carboxylic acids is 2. The van der Waals surface area contributed by atoms with Gasteiger partial charge in [0.2, 0.25) is 5.91 Å². The summed E-state index contributed by atoms with van der Waals surface area (Å²) < 4.78 is 1.68. The Labute approximate surface area is 187 Å². The summed E-state index contributed by atoms with van der Waals surface area (Å²) in [6, 6.07) is 8.47. The van der Waals surface area contributed by atoms with E-state index in [9.17, 15) is 9.59 Å². The molecule has 2 heterocycles. The van der Waals surface area contributed by atoms with Crippen molar-refractivity contribution in [3.05, 3.63) is 71.3 Å². The summed E-state index contributed by atoms with van der Waals surface area (Å²) in [6.45, 7) is 11.5. The average Bonchev–Trinajstić information content (AvgIpc) is 3.01. The molecule has 0 bridgehead atoms. The van der Waals surface area contributed by atoms with Gasteiger partial charge in [0.1, 0.15) is 0 Å². The third-order valence-electron chi connectivity index (χ3n) is 4.77. The Kier molecular flexibility index (Phi) is 6.99. The summed E-state index contributed by atoms with van der Waals surface area (Å²) in [5, 5.41) is 12.8. The van der Waals surface area contributed by atoms with Gasteiger partial charge in [-0.1, -0.05) is 6.08 Å². The first kappa shape index (κ1) is 22.7. The van der Waals surface area contributed by atoms with Gasteiger partial charge in [-0.15, -0.1) is 6.58 Å². The number of hydrogen-bond donors (Lipinski definition) is 3. The monoisotopic (exact) mass is 433 g/mol. The molecule has 0 fully saturated rings. The molecule has 0 aliphatic heterocycles. The molecule has 0 aliphatic rings. The predicted molar refractivity (Wildman–Crippen MR) is 124 cm³/mol. The molecular formula is C23H27N7O2. The summed E-state index contributed by atoms with van der Waals surface area (Å²) in [5.74, 6) is 0.330. The molecule has 32 heavy (non-hydrogen) atoms. The van der Waals surface area contributed by atoms with Crippen molar-refractivity contribution in [2.45, 2.75) is 34.1 Å². The Hall–Kier alpha value is -4.01. The van der Waals surface area contributed by atoms with Crippen LogP contribution in [0.2, 0.25) is 0 Å². The first-order chi connectivity index (χ1) is 15.3. The van der Waals surface area contributed by atoms with Crippen molar-refractivity contribution in [3.8, 4) is 5.95 Å². The molecule has 3 rings (SSSR count). The molecule has 3 amide bonds. The molecule has 0 saturated carbocycles. The second-order valence-electron chi connectivity index (χ2n) is 7.44.